The van der Waals surface area contributed by atoms with E-state index in [9.17, 15) is 9.59 Å². The largest absolute Gasteiger partial charge is 0.362 e. The first kappa shape index (κ1) is 9.83. The number of nitrogens with one attached hydrogen (secondary N) is 1. The molecule has 0 atom stereocenters. The fourth-order valence-corrected chi connectivity index (χ4v) is 1.87. The summed E-state index contributed by atoms with van der Waals surface area (Å²) in [4.78, 5) is 28.2. The lowest BCUT2D eigenvalue weighted by atomic mass is 10.2. The lowest BCUT2D eigenvalue weighted by Crippen LogP contribution is -2.28. The minimum Gasteiger partial charge on any atom is -0.285 e. The number of carbonyl (C=O) groups excluding carboxylic acids is 1. The number of aryl methyl sites for hydroxylation is 1. The molecule has 0 unspecified atom stereocenters. The predicted molar refractivity (Wildman–Crippen MR) is 61.0 cm³/mol. The Morgan fingerprint density at radius 3 is 2.59 bits per heavy atom. The van der Waals surface area contributed by atoms with Crippen molar-refractivity contribution in [3.63, 3.8) is 0 Å². The number of aromatic nitrogens is 3. The molecule has 0 bridgehead atoms. The predicted octanol–water partition coefficient (Wildman–Crippen LogP) is 0.868. The smallest absolute Gasteiger partial charge is 0.285 e. The third-order valence-corrected chi connectivity index (χ3v) is 2.76. The summed E-state index contributed by atoms with van der Waals surface area (Å²) in [7, 11) is 0. The molecule has 0 saturated carbocycles. The Bertz CT molecular complexity index is 638. The Morgan fingerprint density at radius 2 is 1.94 bits per heavy atom. The molecular formula is C11H10N4O2. The summed E-state index contributed by atoms with van der Waals surface area (Å²) in [6.07, 6.45) is 0. The standard InChI is InChI=1S/C11H10N4O2/c1-7-2-4-8(5-3-7)14-6-9-12-10(16)13-15(9)11(14)17/h2-5H,6H2,1H3,(H,13,16). The van der Waals surface area contributed by atoms with E-state index in [1.54, 1.807) is 4.90 Å². The van der Waals surface area contributed by atoms with Crippen molar-refractivity contribution in [2.45, 2.75) is 13.5 Å². The average Bonchev–Trinajstić information content (AvgIpc) is 2.79. The summed E-state index contributed by atoms with van der Waals surface area (Å²) in [6, 6.07) is 7.34. The van der Waals surface area contributed by atoms with Gasteiger partial charge in [-0.25, -0.2) is 14.7 Å². The number of amides is 1. The number of hydrogen-bond acceptors (Lipinski definition) is 3. The number of H-pyrrole nitrogens is 1. The van der Waals surface area contributed by atoms with Gasteiger partial charge in [0.05, 0.1) is 6.54 Å². The molecule has 0 aliphatic carbocycles. The van der Waals surface area contributed by atoms with Crippen molar-refractivity contribution in [2.24, 2.45) is 0 Å². The topological polar surface area (TPSA) is 71.0 Å². The third-order valence-electron chi connectivity index (χ3n) is 2.76. The van der Waals surface area contributed by atoms with Gasteiger partial charge in [-0.2, -0.15) is 9.67 Å². The minimum atomic E-state index is -0.489. The molecule has 1 aliphatic rings. The second kappa shape index (κ2) is 3.31. The average molecular weight is 230 g/mol. The van der Waals surface area contributed by atoms with Gasteiger partial charge < -0.3 is 0 Å². The van der Waals surface area contributed by atoms with Crippen molar-refractivity contribution in [1.29, 1.82) is 0 Å². The fraction of sp³-hybridized carbons (Fsp3) is 0.182. The lowest BCUT2D eigenvalue weighted by Gasteiger charge is -2.14. The first-order chi connectivity index (χ1) is 8.15. The second-order valence-electron chi connectivity index (χ2n) is 3.98. The Kier molecular flexibility index (Phi) is 1.91. The summed E-state index contributed by atoms with van der Waals surface area (Å²) < 4.78 is 1.18. The maximum atomic E-state index is 12.0. The van der Waals surface area contributed by atoms with Crippen LogP contribution in [0.25, 0.3) is 0 Å². The highest BCUT2D eigenvalue weighted by atomic mass is 16.2. The van der Waals surface area contributed by atoms with E-state index in [4.69, 9.17) is 0 Å². The molecule has 2 heterocycles. The molecule has 0 spiro atoms. The molecule has 0 fully saturated rings. The molecule has 1 N–H and O–H groups in total. The first-order valence-electron chi connectivity index (χ1n) is 5.21. The van der Waals surface area contributed by atoms with Crippen molar-refractivity contribution in [3.8, 4) is 0 Å². The van der Waals surface area contributed by atoms with Crippen LogP contribution in [-0.2, 0) is 6.54 Å². The van der Waals surface area contributed by atoms with Crippen LogP contribution in [0, 0.1) is 6.92 Å². The van der Waals surface area contributed by atoms with E-state index in [0.717, 1.165) is 11.3 Å². The quantitative estimate of drug-likeness (QED) is 0.790. The van der Waals surface area contributed by atoms with Gasteiger partial charge in [0.15, 0.2) is 5.82 Å². The summed E-state index contributed by atoms with van der Waals surface area (Å²) in [5.74, 6) is 0.445. The van der Waals surface area contributed by atoms with Crippen molar-refractivity contribution < 1.29 is 4.79 Å². The molecule has 1 amide bonds. The van der Waals surface area contributed by atoms with Gasteiger partial charge in [-0.3, -0.25) is 4.90 Å². The van der Waals surface area contributed by atoms with E-state index in [1.807, 2.05) is 31.2 Å². The molecule has 17 heavy (non-hydrogen) atoms. The normalized spacial score (nSPS) is 14.2. The van der Waals surface area contributed by atoms with Crippen LogP contribution in [0.2, 0.25) is 0 Å². The number of aromatic amines is 1. The van der Waals surface area contributed by atoms with Gasteiger partial charge in [-0.15, -0.1) is 0 Å². The van der Waals surface area contributed by atoms with E-state index < -0.39 is 5.69 Å². The zero-order valence-corrected chi connectivity index (χ0v) is 9.17. The van der Waals surface area contributed by atoms with Crippen LogP contribution >= 0.6 is 0 Å². The van der Waals surface area contributed by atoms with E-state index in [2.05, 4.69) is 10.1 Å². The van der Waals surface area contributed by atoms with Gasteiger partial charge in [0.2, 0.25) is 0 Å². The highest BCUT2D eigenvalue weighted by molar-refractivity contribution is 5.95. The molecule has 86 valence electrons. The molecule has 6 nitrogen and oxygen atoms in total. The van der Waals surface area contributed by atoms with E-state index in [0.29, 0.717) is 12.4 Å². The molecule has 2 aromatic rings. The third kappa shape index (κ3) is 1.45. The van der Waals surface area contributed by atoms with Crippen LogP contribution < -0.4 is 10.6 Å². The zero-order valence-electron chi connectivity index (χ0n) is 9.17. The Hall–Kier alpha value is -2.37. The van der Waals surface area contributed by atoms with Gasteiger partial charge in [0.1, 0.15) is 0 Å². The number of rotatable bonds is 1. The number of nitrogens with zero attached hydrogens (tertiary/aromatic N) is 3. The maximum absolute atomic E-state index is 12.0. The molecular weight excluding hydrogens is 220 g/mol. The molecule has 0 saturated heterocycles. The number of fused-ring (bicyclic) bond motifs is 1. The van der Waals surface area contributed by atoms with Gasteiger partial charge in [0, 0.05) is 5.69 Å². The summed E-state index contributed by atoms with van der Waals surface area (Å²) in [6.45, 7) is 2.30. The van der Waals surface area contributed by atoms with Gasteiger partial charge in [-0.1, -0.05) is 17.7 Å². The van der Waals surface area contributed by atoms with E-state index in [1.165, 1.54) is 4.68 Å². The molecule has 6 heteroatoms. The molecule has 1 aromatic carbocycles. The van der Waals surface area contributed by atoms with Gasteiger partial charge >= 0.3 is 11.7 Å². The summed E-state index contributed by atoms with van der Waals surface area (Å²) in [5.41, 5.74) is 1.44. The van der Waals surface area contributed by atoms with Crippen LogP contribution in [0.3, 0.4) is 0 Å². The fourth-order valence-electron chi connectivity index (χ4n) is 1.87. The zero-order chi connectivity index (χ0) is 12.0. The van der Waals surface area contributed by atoms with Gasteiger partial charge in [-0.05, 0) is 19.1 Å². The SMILES string of the molecule is Cc1ccc(N2Cc3nc(=O)[nH]n3C2=O)cc1. The first-order valence-corrected chi connectivity index (χ1v) is 5.21. The monoisotopic (exact) mass is 230 g/mol. The van der Waals surface area contributed by atoms with Gasteiger partial charge in [0.25, 0.3) is 0 Å². The summed E-state index contributed by atoms with van der Waals surface area (Å²) in [5, 5.41) is 2.38. The maximum Gasteiger partial charge on any atom is 0.362 e. The minimum absolute atomic E-state index is 0.279. The number of benzene rings is 1. The molecule has 1 aromatic heterocycles. The van der Waals surface area contributed by atoms with Crippen LogP contribution in [-0.4, -0.2) is 20.8 Å². The second-order valence-corrected chi connectivity index (χ2v) is 3.98. The number of hydrogen-bond donors (Lipinski definition) is 1. The van der Waals surface area contributed by atoms with E-state index >= 15 is 0 Å². The highest BCUT2D eigenvalue weighted by Crippen LogP contribution is 2.22. The number of anilines is 1. The van der Waals surface area contributed by atoms with Crippen LogP contribution in [0.1, 0.15) is 11.4 Å². The van der Waals surface area contributed by atoms with Crippen molar-refractivity contribution in [3.05, 3.63) is 46.1 Å². The van der Waals surface area contributed by atoms with Crippen LogP contribution in [0.5, 0.6) is 0 Å². The molecule has 0 radical (unpaired) electrons. The Morgan fingerprint density at radius 1 is 1.24 bits per heavy atom. The van der Waals surface area contributed by atoms with Crippen LogP contribution in [0.15, 0.2) is 29.1 Å². The lowest BCUT2D eigenvalue weighted by molar-refractivity contribution is 0.248. The molecule has 3 rings (SSSR count). The summed E-state index contributed by atoms with van der Waals surface area (Å²) >= 11 is 0. The Labute approximate surface area is 96.5 Å². The van der Waals surface area contributed by atoms with Crippen LogP contribution in [0.4, 0.5) is 10.5 Å². The van der Waals surface area contributed by atoms with Crippen molar-refractivity contribution in [1.82, 2.24) is 14.8 Å². The van der Waals surface area contributed by atoms with Crippen molar-refractivity contribution >= 4 is 11.7 Å². The van der Waals surface area contributed by atoms with Crippen molar-refractivity contribution in [2.75, 3.05) is 4.90 Å². The number of carbonyl (C=O) groups is 1. The highest BCUT2D eigenvalue weighted by Gasteiger charge is 2.30. The Balaban J connectivity index is 1.99. The molecule has 1 aliphatic heterocycles. The van der Waals surface area contributed by atoms with E-state index in [-0.39, 0.29) is 6.03 Å².